The van der Waals surface area contributed by atoms with E-state index in [4.69, 9.17) is 0 Å². The molecule has 0 aliphatic carbocycles. The number of aryl methyl sites for hydroxylation is 2. The molecule has 0 saturated heterocycles. The van der Waals surface area contributed by atoms with Crippen molar-refractivity contribution in [1.82, 2.24) is 14.9 Å². The lowest BCUT2D eigenvalue weighted by Crippen LogP contribution is -2.34. The van der Waals surface area contributed by atoms with Gasteiger partial charge < -0.3 is 9.88 Å². The minimum absolute atomic E-state index is 0.142. The smallest absolute Gasteiger partial charge is 0.321 e. The molecule has 17 heavy (non-hydrogen) atoms. The minimum atomic E-state index is -0.142. The normalized spacial score (nSPS) is 10.6. The molecule has 2 rings (SSSR count). The van der Waals surface area contributed by atoms with E-state index in [9.17, 15) is 4.79 Å². The van der Waals surface area contributed by atoms with E-state index in [2.05, 4.69) is 10.3 Å². The zero-order valence-electron chi connectivity index (χ0n) is 10.5. The summed E-state index contributed by atoms with van der Waals surface area (Å²) in [6, 6.07) is 5.66. The molecule has 5 nitrogen and oxygen atoms in total. The van der Waals surface area contributed by atoms with Crippen molar-refractivity contribution in [1.29, 1.82) is 0 Å². The molecule has 0 aliphatic rings. The second kappa shape index (κ2) is 4.08. The number of rotatable bonds is 1. The predicted molar refractivity (Wildman–Crippen MR) is 68.3 cm³/mol. The number of amides is 2. The van der Waals surface area contributed by atoms with Crippen LogP contribution in [0.15, 0.2) is 18.2 Å². The molecule has 0 atom stereocenters. The second-order valence-electron chi connectivity index (χ2n) is 4.01. The third-order valence-electron chi connectivity index (χ3n) is 2.99. The van der Waals surface area contributed by atoms with Crippen molar-refractivity contribution < 1.29 is 4.79 Å². The highest BCUT2D eigenvalue weighted by Crippen LogP contribution is 2.21. The van der Waals surface area contributed by atoms with Gasteiger partial charge in [-0.15, -0.1) is 0 Å². The molecule has 1 N–H and O–H groups in total. The Balaban J connectivity index is 2.48. The Labute approximate surface area is 100 Å². The first kappa shape index (κ1) is 11.4. The molecule has 1 aromatic heterocycles. The lowest BCUT2D eigenvalue weighted by Gasteiger charge is -2.16. The quantitative estimate of drug-likeness (QED) is 0.813. The standard InChI is InChI=1S/C12H16N4O/c1-8-14-10-7-9(16(4)12(17)13-2)5-6-11(10)15(8)3/h5-7H,1-4H3,(H,13,17). The molecule has 0 unspecified atom stereocenters. The van der Waals surface area contributed by atoms with Gasteiger partial charge in [0.1, 0.15) is 5.82 Å². The van der Waals surface area contributed by atoms with Crippen molar-refractivity contribution in [3.05, 3.63) is 24.0 Å². The molecule has 0 aliphatic heterocycles. The summed E-state index contributed by atoms with van der Waals surface area (Å²) in [7, 11) is 5.32. The van der Waals surface area contributed by atoms with Crippen molar-refractivity contribution >= 4 is 22.8 Å². The average molecular weight is 232 g/mol. The summed E-state index contributed by atoms with van der Waals surface area (Å²) in [5.74, 6) is 0.958. The van der Waals surface area contributed by atoms with Gasteiger partial charge in [0, 0.05) is 26.8 Å². The monoisotopic (exact) mass is 232 g/mol. The summed E-state index contributed by atoms with van der Waals surface area (Å²) in [6.45, 7) is 1.96. The Morgan fingerprint density at radius 3 is 2.82 bits per heavy atom. The van der Waals surface area contributed by atoms with E-state index in [1.54, 1.807) is 19.0 Å². The Morgan fingerprint density at radius 2 is 2.18 bits per heavy atom. The van der Waals surface area contributed by atoms with Crippen LogP contribution in [0.25, 0.3) is 11.0 Å². The average Bonchev–Trinajstić information content (AvgIpc) is 2.62. The maximum Gasteiger partial charge on any atom is 0.321 e. The molecule has 2 amide bonds. The van der Waals surface area contributed by atoms with Crippen molar-refractivity contribution in [2.24, 2.45) is 7.05 Å². The third kappa shape index (κ3) is 1.84. The van der Waals surface area contributed by atoms with Crippen LogP contribution in [0, 0.1) is 6.92 Å². The van der Waals surface area contributed by atoms with Gasteiger partial charge in [-0.25, -0.2) is 9.78 Å². The number of urea groups is 1. The highest BCUT2D eigenvalue weighted by atomic mass is 16.2. The van der Waals surface area contributed by atoms with Crippen LogP contribution in [0.1, 0.15) is 5.82 Å². The lowest BCUT2D eigenvalue weighted by molar-refractivity contribution is 0.249. The first-order chi connectivity index (χ1) is 8.04. The van der Waals surface area contributed by atoms with Gasteiger partial charge in [0.2, 0.25) is 0 Å². The number of benzene rings is 1. The molecule has 2 aromatic rings. The number of nitrogens with zero attached hydrogens (tertiary/aromatic N) is 3. The lowest BCUT2D eigenvalue weighted by atomic mass is 10.2. The van der Waals surface area contributed by atoms with Gasteiger partial charge in [-0.2, -0.15) is 0 Å². The van der Waals surface area contributed by atoms with Crippen molar-refractivity contribution in [2.75, 3.05) is 19.0 Å². The fourth-order valence-corrected chi connectivity index (χ4v) is 1.80. The molecule has 0 radical (unpaired) electrons. The maximum atomic E-state index is 11.5. The Kier molecular flexibility index (Phi) is 2.75. The van der Waals surface area contributed by atoms with Gasteiger partial charge >= 0.3 is 6.03 Å². The Bertz CT molecular complexity index is 573. The van der Waals surface area contributed by atoms with Crippen LogP contribution in [0.3, 0.4) is 0 Å². The first-order valence-corrected chi connectivity index (χ1v) is 5.43. The van der Waals surface area contributed by atoms with Gasteiger partial charge in [-0.1, -0.05) is 0 Å². The van der Waals surface area contributed by atoms with E-state index in [0.717, 1.165) is 22.5 Å². The van der Waals surface area contributed by atoms with Crippen LogP contribution in [0.2, 0.25) is 0 Å². The van der Waals surface area contributed by atoms with Crippen LogP contribution in [0.5, 0.6) is 0 Å². The van der Waals surface area contributed by atoms with E-state index < -0.39 is 0 Å². The van der Waals surface area contributed by atoms with Crippen LogP contribution in [-0.4, -0.2) is 29.7 Å². The first-order valence-electron chi connectivity index (χ1n) is 5.43. The van der Waals surface area contributed by atoms with Crippen LogP contribution >= 0.6 is 0 Å². The molecule has 5 heteroatoms. The fourth-order valence-electron chi connectivity index (χ4n) is 1.80. The molecule has 0 bridgehead atoms. The highest BCUT2D eigenvalue weighted by molar-refractivity contribution is 5.93. The van der Waals surface area contributed by atoms with Crippen LogP contribution < -0.4 is 10.2 Å². The zero-order chi connectivity index (χ0) is 12.6. The summed E-state index contributed by atoms with van der Waals surface area (Å²) < 4.78 is 2.03. The molecule has 90 valence electrons. The molecule has 0 saturated carbocycles. The summed E-state index contributed by atoms with van der Waals surface area (Å²) >= 11 is 0. The number of aromatic nitrogens is 2. The highest BCUT2D eigenvalue weighted by Gasteiger charge is 2.11. The fraction of sp³-hybridized carbons (Fsp3) is 0.333. The summed E-state index contributed by atoms with van der Waals surface area (Å²) in [5.41, 5.74) is 2.80. The predicted octanol–water partition coefficient (Wildman–Crippen LogP) is 1.66. The van der Waals surface area contributed by atoms with E-state index >= 15 is 0 Å². The maximum absolute atomic E-state index is 11.5. The van der Waals surface area contributed by atoms with Gasteiger partial charge in [0.25, 0.3) is 0 Å². The summed E-state index contributed by atoms with van der Waals surface area (Å²) in [5, 5.41) is 2.59. The summed E-state index contributed by atoms with van der Waals surface area (Å²) in [4.78, 5) is 17.5. The number of hydrogen-bond acceptors (Lipinski definition) is 2. The number of carbonyl (C=O) groups excluding carboxylic acids is 1. The van der Waals surface area contributed by atoms with E-state index in [1.165, 1.54) is 0 Å². The molecule has 1 heterocycles. The number of nitrogens with one attached hydrogen (secondary N) is 1. The second-order valence-corrected chi connectivity index (χ2v) is 4.01. The zero-order valence-corrected chi connectivity index (χ0v) is 10.5. The minimum Gasteiger partial charge on any atom is -0.341 e. The van der Waals surface area contributed by atoms with E-state index in [0.29, 0.717) is 0 Å². The summed E-state index contributed by atoms with van der Waals surface area (Å²) in [6.07, 6.45) is 0. The van der Waals surface area contributed by atoms with Gasteiger partial charge in [-0.05, 0) is 25.1 Å². The van der Waals surface area contributed by atoms with Gasteiger partial charge in [0.15, 0.2) is 0 Å². The molecule has 0 fully saturated rings. The topological polar surface area (TPSA) is 50.2 Å². The van der Waals surface area contributed by atoms with Crippen LogP contribution in [-0.2, 0) is 7.05 Å². The van der Waals surface area contributed by atoms with Crippen LogP contribution in [0.4, 0.5) is 10.5 Å². The Hall–Kier alpha value is -2.04. The van der Waals surface area contributed by atoms with Gasteiger partial charge in [-0.3, -0.25) is 4.90 Å². The number of hydrogen-bond donors (Lipinski definition) is 1. The van der Waals surface area contributed by atoms with E-state index in [1.807, 2.05) is 36.7 Å². The molecule has 1 aromatic carbocycles. The van der Waals surface area contributed by atoms with Gasteiger partial charge in [0.05, 0.1) is 11.0 Å². The molecular formula is C12H16N4O. The SMILES string of the molecule is CNC(=O)N(C)c1ccc2c(c1)nc(C)n2C. The van der Waals surface area contributed by atoms with Crippen molar-refractivity contribution in [2.45, 2.75) is 6.92 Å². The molecular weight excluding hydrogens is 216 g/mol. The largest absolute Gasteiger partial charge is 0.341 e. The molecule has 0 spiro atoms. The number of anilines is 1. The van der Waals surface area contributed by atoms with Crippen molar-refractivity contribution in [3.63, 3.8) is 0 Å². The number of imidazole rings is 1. The van der Waals surface area contributed by atoms with Crippen molar-refractivity contribution in [3.8, 4) is 0 Å². The Morgan fingerprint density at radius 1 is 1.47 bits per heavy atom. The third-order valence-corrected chi connectivity index (χ3v) is 2.99. The number of carbonyl (C=O) groups is 1. The number of fused-ring (bicyclic) bond motifs is 1. The van der Waals surface area contributed by atoms with E-state index in [-0.39, 0.29) is 6.03 Å².